The van der Waals surface area contributed by atoms with Crippen molar-refractivity contribution >= 4 is 12.2 Å². The molecule has 0 rings (SSSR count). The normalized spacial score (nSPS) is 15.4. The number of aliphatic hydroxyl groups excluding tert-OH is 1. The Morgan fingerprint density at radius 1 is 1.47 bits per heavy atom. The van der Waals surface area contributed by atoms with Crippen LogP contribution in [-0.2, 0) is 4.79 Å². The number of nitrogens with zero attached hydrogens (tertiary/aromatic N) is 1. The molecule has 0 bridgehead atoms. The number of rotatable bonds is 8. The largest absolute Gasteiger partial charge is 0.480 e. The van der Waals surface area contributed by atoms with Crippen LogP contribution in [0.5, 0.6) is 0 Å². The van der Waals surface area contributed by atoms with Crippen molar-refractivity contribution in [2.75, 3.05) is 19.7 Å². The molecule has 0 amide bonds. The maximum atomic E-state index is 10.8. The molecule has 0 radical (unpaired) electrons. The Balaban J connectivity index is 4.24. The molecule has 0 spiro atoms. The summed E-state index contributed by atoms with van der Waals surface area (Å²) >= 11 is 0. The van der Waals surface area contributed by atoms with Gasteiger partial charge in [-0.3, -0.25) is 4.99 Å². The van der Waals surface area contributed by atoms with Crippen LogP contribution in [0.25, 0.3) is 0 Å². The minimum Gasteiger partial charge on any atom is -0.480 e. The number of nitrogens with two attached hydrogens (primary N) is 2. The minimum absolute atomic E-state index is 0.0703. The molecule has 6 N–H and O–H groups in total. The van der Waals surface area contributed by atoms with Gasteiger partial charge in [-0.2, -0.15) is 0 Å². The summed E-state index contributed by atoms with van der Waals surface area (Å²) in [6.07, 6.45) is 2.26. The van der Waals surface area contributed by atoms with E-state index in [0.717, 1.165) is 0 Å². The van der Waals surface area contributed by atoms with Crippen molar-refractivity contribution in [1.82, 2.24) is 0 Å². The summed E-state index contributed by atoms with van der Waals surface area (Å²) in [6, 6.07) is -0.836. The van der Waals surface area contributed by atoms with Gasteiger partial charge >= 0.3 is 5.97 Å². The third kappa shape index (κ3) is 6.16. The predicted molar refractivity (Wildman–Crippen MR) is 57.8 cm³/mol. The zero-order chi connectivity index (χ0) is 11.7. The lowest BCUT2D eigenvalue weighted by molar-refractivity contribution is -0.138. The number of hydrogen-bond donors (Lipinski definition) is 4. The fraction of sp³-hybridized carbons (Fsp3) is 0.778. The predicted octanol–water partition coefficient (Wildman–Crippen LogP) is -1.18. The van der Waals surface area contributed by atoms with Crippen molar-refractivity contribution in [2.45, 2.75) is 18.9 Å². The summed E-state index contributed by atoms with van der Waals surface area (Å²) in [5, 5.41) is 17.8. The third-order valence-electron chi connectivity index (χ3n) is 2.07. The first-order valence-electron chi connectivity index (χ1n) is 4.91. The Labute approximate surface area is 89.0 Å². The van der Waals surface area contributed by atoms with Crippen LogP contribution < -0.4 is 11.5 Å². The zero-order valence-electron chi connectivity index (χ0n) is 8.67. The SMILES string of the molecule is NCC=N[C@@H](CC(CO)CCN)C(=O)O. The molecule has 88 valence electrons. The zero-order valence-corrected chi connectivity index (χ0v) is 8.67. The van der Waals surface area contributed by atoms with Crippen LogP contribution in [0.15, 0.2) is 4.99 Å². The minimum atomic E-state index is -1.00. The van der Waals surface area contributed by atoms with Gasteiger partial charge in [0, 0.05) is 19.4 Å². The molecule has 0 aliphatic carbocycles. The average molecular weight is 217 g/mol. The molecular formula is C9H19N3O3. The molecule has 0 aliphatic heterocycles. The fourth-order valence-electron chi connectivity index (χ4n) is 1.25. The van der Waals surface area contributed by atoms with E-state index in [-0.39, 0.29) is 19.1 Å². The molecule has 0 saturated heterocycles. The summed E-state index contributed by atoms with van der Waals surface area (Å²) in [6.45, 7) is 0.571. The second-order valence-electron chi connectivity index (χ2n) is 3.28. The number of carbonyl (C=O) groups is 1. The van der Waals surface area contributed by atoms with Crippen LogP contribution in [0.4, 0.5) is 0 Å². The molecule has 15 heavy (non-hydrogen) atoms. The van der Waals surface area contributed by atoms with E-state index in [2.05, 4.69) is 4.99 Å². The Hall–Kier alpha value is -0.980. The van der Waals surface area contributed by atoms with Gasteiger partial charge in [0.05, 0.1) is 0 Å². The van der Waals surface area contributed by atoms with Crippen LogP contribution >= 0.6 is 0 Å². The highest BCUT2D eigenvalue weighted by Gasteiger charge is 2.20. The highest BCUT2D eigenvalue weighted by atomic mass is 16.4. The quantitative estimate of drug-likeness (QED) is 0.381. The van der Waals surface area contributed by atoms with Gasteiger partial charge in [-0.05, 0) is 25.3 Å². The molecule has 6 heteroatoms. The average Bonchev–Trinajstić information content (AvgIpc) is 2.22. The first kappa shape index (κ1) is 14.0. The van der Waals surface area contributed by atoms with E-state index in [9.17, 15) is 4.79 Å². The van der Waals surface area contributed by atoms with Crippen LogP contribution in [0.2, 0.25) is 0 Å². The topological polar surface area (TPSA) is 122 Å². The second kappa shape index (κ2) is 8.34. The van der Waals surface area contributed by atoms with Gasteiger partial charge in [0.2, 0.25) is 0 Å². The lowest BCUT2D eigenvalue weighted by Gasteiger charge is -2.15. The monoisotopic (exact) mass is 217 g/mol. The van der Waals surface area contributed by atoms with Crippen molar-refractivity contribution in [3.63, 3.8) is 0 Å². The highest BCUT2D eigenvalue weighted by Crippen LogP contribution is 2.12. The first-order chi connectivity index (χ1) is 7.15. The molecule has 0 heterocycles. The molecule has 0 aromatic rings. The van der Waals surface area contributed by atoms with Gasteiger partial charge in [-0.25, -0.2) is 4.79 Å². The molecule has 0 fully saturated rings. The van der Waals surface area contributed by atoms with Crippen molar-refractivity contribution < 1.29 is 15.0 Å². The lowest BCUT2D eigenvalue weighted by atomic mass is 9.97. The summed E-state index contributed by atoms with van der Waals surface area (Å²) in [7, 11) is 0. The summed E-state index contributed by atoms with van der Waals surface area (Å²) < 4.78 is 0. The van der Waals surface area contributed by atoms with Gasteiger partial charge in [0.1, 0.15) is 6.04 Å². The number of carboxylic acid groups (broad SMARTS) is 1. The van der Waals surface area contributed by atoms with Gasteiger partial charge in [0.25, 0.3) is 0 Å². The van der Waals surface area contributed by atoms with Crippen LogP contribution in [-0.4, -0.2) is 48.1 Å². The third-order valence-corrected chi connectivity index (χ3v) is 2.07. The summed E-state index contributed by atoms with van der Waals surface area (Å²) in [5.74, 6) is -1.12. The molecule has 0 aromatic carbocycles. The Morgan fingerprint density at radius 3 is 2.53 bits per heavy atom. The summed E-state index contributed by atoms with van der Waals surface area (Å²) in [4.78, 5) is 14.6. The Bertz CT molecular complexity index is 209. The van der Waals surface area contributed by atoms with E-state index in [1.54, 1.807) is 0 Å². The number of aliphatic hydroxyl groups is 1. The van der Waals surface area contributed by atoms with Crippen molar-refractivity contribution in [3.8, 4) is 0 Å². The first-order valence-corrected chi connectivity index (χ1v) is 4.91. The van der Waals surface area contributed by atoms with Crippen LogP contribution in [0.1, 0.15) is 12.8 Å². The van der Waals surface area contributed by atoms with Crippen molar-refractivity contribution in [1.29, 1.82) is 0 Å². The molecule has 0 aliphatic rings. The Kier molecular flexibility index (Phi) is 7.79. The van der Waals surface area contributed by atoms with E-state index in [1.165, 1.54) is 6.21 Å². The molecule has 2 atom stereocenters. The van der Waals surface area contributed by atoms with Gasteiger partial charge in [-0.1, -0.05) is 0 Å². The van der Waals surface area contributed by atoms with E-state index < -0.39 is 12.0 Å². The maximum Gasteiger partial charge on any atom is 0.328 e. The Morgan fingerprint density at radius 2 is 2.13 bits per heavy atom. The number of aliphatic carboxylic acids is 1. The number of aliphatic imine (C=N–C) groups is 1. The highest BCUT2D eigenvalue weighted by molar-refractivity contribution is 5.76. The van der Waals surface area contributed by atoms with Gasteiger partial charge in [0.15, 0.2) is 0 Å². The van der Waals surface area contributed by atoms with E-state index in [4.69, 9.17) is 21.7 Å². The van der Waals surface area contributed by atoms with Crippen molar-refractivity contribution in [2.24, 2.45) is 22.4 Å². The molecule has 0 aromatic heterocycles. The fourth-order valence-corrected chi connectivity index (χ4v) is 1.25. The van der Waals surface area contributed by atoms with Crippen molar-refractivity contribution in [3.05, 3.63) is 0 Å². The smallest absolute Gasteiger partial charge is 0.328 e. The molecule has 6 nitrogen and oxygen atoms in total. The van der Waals surface area contributed by atoms with Gasteiger partial charge in [-0.15, -0.1) is 0 Å². The molecule has 1 unspecified atom stereocenters. The van der Waals surface area contributed by atoms with E-state index in [1.807, 2.05) is 0 Å². The maximum absolute atomic E-state index is 10.8. The van der Waals surface area contributed by atoms with E-state index in [0.29, 0.717) is 19.4 Å². The number of hydrogen-bond acceptors (Lipinski definition) is 5. The second-order valence-corrected chi connectivity index (χ2v) is 3.28. The number of carboxylic acids is 1. The van der Waals surface area contributed by atoms with E-state index >= 15 is 0 Å². The van der Waals surface area contributed by atoms with Crippen LogP contribution in [0, 0.1) is 5.92 Å². The van der Waals surface area contributed by atoms with Gasteiger partial charge < -0.3 is 21.7 Å². The summed E-state index contributed by atoms with van der Waals surface area (Å²) in [5.41, 5.74) is 10.5. The molecule has 0 saturated carbocycles. The standard InChI is InChI=1S/C9H19N3O3/c10-2-1-7(6-13)5-8(9(14)15)12-4-3-11/h4,7-8,13H,1-3,5-6,10-11H2,(H,14,15)/t7?,8-/m0/s1. The van der Waals surface area contributed by atoms with Crippen LogP contribution in [0.3, 0.4) is 0 Å². The molecular weight excluding hydrogens is 198 g/mol. The lowest BCUT2D eigenvalue weighted by Crippen LogP contribution is -2.25.